The number of aliphatic hydroxyl groups excluding tert-OH is 1. The third kappa shape index (κ3) is 6.70. The van der Waals surface area contributed by atoms with E-state index < -0.39 is 34.7 Å². The van der Waals surface area contributed by atoms with Crippen LogP contribution in [-0.2, 0) is 25.7 Å². The number of ether oxygens (including phenoxy) is 1. The zero-order valence-corrected chi connectivity index (χ0v) is 37.2. The number of allylic oxidation sites excluding steroid dienone is 1. The number of halogens is 1. The monoisotopic (exact) mass is 819 g/mol. The number of fused-ring (bicyclic) bond motifs is 7. The number of hydrogen-bond acceptors (Lipinski definition) is 10. The summed E-state index contributed by atoms with van der Waals surface area (Å²) < 4.78 is 21.9. The lowest BCUT2D eigenvalue weighted by atomic mass is 9.33. The molecule has 0 aromatic carbocycles. The number of aliphatic hydroxyl groups is 1. The van der Waals surface area contributed by atoms with E-state index in [1.54, 1.807) is 13.8 Å². The zero-order valence-electron chi connectivity index (χ0n) is 37.2. The molecule has 4 saturated carbocycles. The first-order valence-corrected chi connectivity index (χ1v) is 21.9. The maximum Gasteiger partial charge on any atom is 0.309 e. The van der Waals surface area contributed by atoms with Crippen molar-refractivity contribution in [3.8, 4) is 11.6 Å². The van der Waals surface area contributed by atoms with E-state index in [9.17, 15) is 29.0 Å². The Morgan fingerprint density at radius 1 is 0.966 bits per heavy atom. The SMILES string of the molecule is CC(C)C1=C2[C@H]3CC[C@@H]4C5(C)CC[C@H](OC(=O)CC(C)(C)C(=O)O)C(C)(C)[C@@H]5CCC4(C)[C@]3(C)CC[C@@]2(C(O)c2nnc(-c3ncc(F)cn3)n2CCN(C)C)CC1=O. The van der Waals surface area contributed by atoms with Crippen molar-refractivity contribution in [1.29, 1.82) is 0 Å². The van der Waals surface area contributed by atoms with Crippen LogP contribution in [0.15, 0.2) is 23.5 Å². The van der Waals surface area contributed by atoms with Gasteiger partial charge in [0.15, 0.2) is 23.2 Å². The fourth-order valence-corrected chi connectivity index (χ4v) is 13.7. The van der Waals surface area contributed by atoms with Crippen molar-refractivity contribution in [1.82, 2.24) is 29.6 Å². The van der Waals surface area contributed by atoms with Crippen LogP contribution in [0.3, 0.4) is 0 Å². The number of esters is 1. The van der Waals surface area contributed by atoms with Gasteiger partial charge in [0.1, 0.15) is 12.2 Å². The minimum absolute atomic E-state index is 0.00971. The Labute approximate surface area is 349 Å². The molecule has 59 heavy (non-hydrogen) atoms. The molecule has 0 saturated heterocycles. The van der Waals surface area contributed by atoms with Gasteiger partial charge in [-0.2, -0.15) is 0 Å². The van der Waals surface area contributed by atoms with Crippen LogP contribution in [-0.4, -0.2) is 84.3 Å². The number of ketones is 1. The van der Waals surface area contributed by atoms with Crippen LogP contribution in [0, 0.1) is 62.0 Å². The van der Waals surface area contributed by atoms with Crippen LogP contribution in [0.1, 0.15) is 138 Å². The molecule has 9 atom stereocenters. The van der Waals surface area contributed by atoms with Crippen LogP contribution in [0.5, 0.6) is 0 Å². The van der Waals surface area contributed by atoms with Crippen molar-refractivity contribution in [2.24, 2.45) is 56.2 Å². The van der Waals surface area contributed by atoms with E-state index in [0.29, 0.717) is 43.0 Å². The molecular weight excluding hydrogens is 752 g/mol. The molecule has 13 heteroatoms. The second-order valence-corrected chi connectivity index (χ2v) is 21.5. The van der Waals surface area contributed by atoms with Crippen molar-refractivity contribution >= 4 is 17.7 Å². The van der Waals surface area contributed by atoms with E-state index >= 15 is 0 Å². The van der Waals surface area contributed by atoms with E-state index in [0.717, 1.165) is 68.5 Å². The lowest BCUT2D eigenvalue weighted by molar-refractivity contribution is -0.235. The summed E-state index contributed by atoms with van der Waals surface area (Å²) in [6.45, 7) is 20.4. The maximum atomic E-state index is 14.4. The van der Waals surface area contributed by atoms with Gasteiger partial charge in [-0.3, -0.25) is 14.4 Å². The topological polar surface area (TPSA) is 161 Å². The van der Waals surface area contributed by atoms with E-state index in [1.807, 2.05) is 23.6 Å². The molecule has 0 amide bonds. The average Bonchev–Trinajstić information content (AvgIpc) is 3.70. The van der Waals surface area contributed by atoms with Gasteiger partial charge in [0.25, 0.3) is 0 Å². The highest BCUT2D eigenvalue weighted by atomic mass is 19.1. The molecule has 2 aromatic heterocycles. The number of nitrogens with zero attached hydrogens (tertiary/aromatic N) is 6. The van der Waals surface area contributed by atoms with Gasteiger partial charge in [-0.05, 0) is 130 Å². The molecule has 0 radical (unpaired) electrons. The van der Waals surface area contributed by atoms with Crippen LogP contribution in [0.4, 0.5) is 4.39 Å². The molecule has 5 aliphatic rings. The van der Waals surface area contributed by atoms with Crippen molar-refractivity contribution in [2.45, 2.75) is 145 Å². The second-order valence-electron chi connectivity index (χ2n) is 21.5. The predicted octanol–water partition coefficient (Wildman–Crippen LogP) is 7.86. The lowest BCUT2D eigenvalue weighted by Crippen LogP contribution is -2.66. The summed E-state index contributed by atoms with van der Waals surface area (Å²) in [6.07, 6.45) is 7.93. The van der Waals surface area contributed by atoms with Gasteiger partial charge in [-0.15, -0.1) is 10.2 Å². The van der Waals surface area contributed by atoms with Gasteiger partial charge in [-0.1, -0.05) is 48.5 Å². The molecule has 2 aromatic rings. The number of rotatable bonds is 11. The number of carbonyl (C=O) groups is 3. The van der Waals surface area contributed by atoms with Gasteiger partial charge in [-0.25, -0.2) is 14.4 Å². The maximum absolute atomic E-state index is 14.4. The normalized spacial score (nSPS) is 34.6. The van der Waals surface area contributed by atoms with Crippen LogP contribution in [0.25, 0.3) is 11.6 Å². The number of carboxylic acid groups (broad SMARTS) is 1. The van der Waals surface area contributed by atoms with Gasteiger partial charge in [0.05, 0.1) is 24.2 Å². The van der Waals surface area contributed by atoms with E-state index in [-0.39, 0.29) is 64.0 Å². The summed E-state index contributed by atoms with van der Waals surface area (Å²) in [6, 6.07) is 0. The summed E-state index contributed by atoms with van der Waals surface area (Å²) in [5.74, 6) is -0.147. The fraction of sp³-hybridized carbons (Fsp3) is 0.761. The Balaban J connectivity index is 1.23. The average molecular weight is 819 g/mol. The molecule has 12 nitrogen and oxygen atoms in total. The highest BCUT2D eigenvalue weighted by Gasteiger charge is 2.71. The van der Waals surface area contributed by atoms with Crippen molar-refractivity contribution in [3.05, 3.63) is 35.2 Å². The van der Waals surface area contributed by atoms with Crippen LogP contribution < -0.4 is 0 Å². The largest absolute Gasteiger partial charge is 0.481 e. The first kappa shape index (κ1) is 43.5. The minimum Gasteiger partial charge on any atom is -0.481 e. The van der Waals surface area contributed by atoms with Crippen molar-refractivity contribution < 1.29 is 33.7 Å². The molecule has 0 spiro atoms. The second kappa shape index (κ2) is 14.8. The van der Waals surface area contributed by atoms with Gasteiger partial charge >= 0.3 is 11.9 Å². The molecule has 324 valence electrons. The molecular formula is C46H67FN6O6. The highest BCUT2D eigenvalue weighted by molar-refractivity contribution is 6.00. The molecule has 5 aliphatic carbocycles. The number of aliphatic carboxylic acids is 1. The summed E-state index contributed by atoms with van der Waals surface area (Å²) in [4.78, 5) is 49.9. The number of aromatic nitrogens is 5. The Morgan fingerprint density at radius 3 is 2.27 bits per heavy atom. The molecule has 4 fully saturated rings. The van der Waals surface area contributed by atoms with Crippen molar-refractivity contribution in [3.63, 3.8) is 0 Å². The summed E-state index contributed by atoms with van der Waals surface area (Å²) in [5.41, 5.74) is -0.535. The predicted molar refractivity (Wildman–Crippen MR) is 220 cm³/mol. The van der Waals surface area contributed by atoms with Crippen molar-refractivity contribution in [2.75, 3.05) is 20.6 Å². The Morgan fingerprint density at radius 2 is 1.64 bits per heavy atom. The Kier molecular flexibility index (Phi) is 10.9. The standard InChI is InChI=1S/C46H67FN6O6/c1-26(2)34-29(54)22-46(36(56)38-50-51-39(53(38)21-20-52(10)11)37-48-24-27(47)25-49-37)19-18-44(8)28(35(34)46)12-13-31-43(7)16-15-32(59-33(55)23-41(3,4)40(57)58)42(5,6)30(43)14-17-45(31,44)9/h24-26,28,30-32,36,56H,12-23H2,1-11H3,(H,57,58)/t28-,30+,31-,32+,36?,43?,44-,45?,46-/m1/s1. The molecule has 3 unspecified atom stereocenters. The fourth-order valence-electron chi connectivity index (χ4n) is 13.7. The molecule has 0 aliphatic heterocycles. The first-order valence-electron chi connectivity index (χ1n) is 21.9. The molecule has 7 rings (SSSR count). The van der Waals surface area contributed by atoms with Crippen LogP contribution in [0.2, 0.25) is 0 Å². The highest BCUT2D eigenvalue weighted by Crippen LogP contribution is 2.77. The third-order valence-electron chi connectivity index (χ3n) is 17.0. The smallest absolute Gasteiger partial charge is 0.309 e. The van der Waals surface area contributed by atoms with E-state index in [4.69, 9.17) is 4.74 Å². The Hall–Kier alpha value is -3.58. The van der Waals surface area contributed by atoms with E-state index in [1.165, 1.54) is 0 Å². The minimum atomic E-state index is -1.20. The van der Waals surface area contributed by atoms with Crippen LogP contribution >= 0.6 is 0 Å². The molecule has 2 heterocycles. The van der Waals surface area contributed by atoms with Gasteiger partial charge in [0, 0.05) is 30.3 Å². The molecule has 0 bridgehead atoms. The lowest BCUT2D eigenvalue weighted by Gasteiger charge is -2.72. The van der Waals surface area contributed by atoms with E-state index in [2.05, 4.69) is 68.6 Å². The zero-order chi connectivity index (χ0) is 43.2. The third-order valence-corrected chi connectivity index (χ3v) is 17.0. The number of hydrogen-bond donors (Lipinski definition) is 2. The molecule has 2 N–H and O–H groups in total. The number of likely N-dealkylation sites (N-methyl/N-ethyl adjacent to an activating group) is 1. The Bertz CT molecular complexity index is 2030. The van der Waals surface area contributed by atoms with Gasteiger partial charge in [0.2, 0.25) is 5.82 Å². The summed E-state index contributed by atoms with van der Waals surface area (Å²) in [7, 11) is 3.94. The first-order chi connectivity index (χ1) is 27.4. The summed E-state index contributed by atoms with van der Waals surface area (Å²) >= 11 is 0. The summed E-state index contributed by atoms with van der Waals surface area (Å²) in [5, 5.41) is 31.6. The number of Topliss-reactive ketones (excluding diaryl/α,β-unsaturated/α-hetero) is 1. The van der Waals surface area contributed by atoms with Gasteiger partial charge < -0.3 is 24.4 Å². The number of carboxylic acids is 1. The quantitative estimate of drug-likeness (QED) is 0.213. The number of carbonyl (C=O) groups excluding carboxylic acids is 2.